The second-order valence-corrected chi connectivity index (χ2v) is 10.2. The minimum Gasteiger partial charge on any atom is -0.378 e. The summed E-state index contributed by atoms with van der Waals surface area (Å²) in [6.07, 6.45) is 1.47. The number of aryl methyl sites for hydroxylation is 2. The average molecular weight is 479 g/mol. The summed E-state index contributed by atoms with van der Waals surface area (Å²) in [6, 6.07) is 22.0. The van der Waals surface area contributed by atoms with E-state index in [2.05, 4.69) is 9.62 Å². The van der Waals surface area contributed by atoms with Gasteiger partial charge in [-0.05, 0) is 60.4 Å². The SMILES string of the molecule is Cc1cc(NS(=O)(=O)c2ccc(CC(=O)CCc3ccccc3)cc2)ccc1N1CCOCC1. The maximum Gasteiger partial charge on any atom is 0.261 e. The zero-order valence-electron chi connectivity index (χ0n) is 19.4. The van der Waals surface area contributed by atoms with Crippen LogP contribution in [-0.2, 0) is 32.4 Å². The molecule has 0 unspecified atom stereocenters. The van der Waals surface area contributed by atoms with Crippen molar-refractivity contribution >= 4 is 27.2 Å². The van der Waals surface area contributed by atoms with Gasteiger partial charge >= 0.3 is 0 Å². The molecule has 1 aliphatic heterocycles. The monoisotopic (exact) mass is 478 g/mol. The van der Waals surface area contributed by atoms with Gasteiger partial charge in [-0.2, -0.15) is 0 Å². The molecule has 1 saturated heterocycles. The standard InChI is InChI=1S/C27H30N2O4S/c1-21-19-24(10-14-27(21)29-15-17-33-18-16-29)28-34(31,32)26-12-8-23(9-13-26)20-25(30)11-7-22-5-3-2-4-6-22/h2-6,8-10,12-14,19,28H,7,11,15-18,20H2,1H3. The molecule has 7 heteroatoms. The zero-order chi connectivity index (χ0) is 24.0. The Morgan fingerprint density at radius 2 is 1.65 bits per heavy atom. The van der Waals surface area contributed by atoms with Crippen molar-refractivity contribution in [1.82, 2.24) is 0 Å². The smallest absolute Gasteiger partial charge is 0.261 e. The molecule has 4 rings (SSSR count). The third-order valence-corrected chi connectivity index (χ3v) is 7.37. The molecule has 0 saturated carbocycles. The van der Waals surface area contributed by atoms with Crippen LogP contribution in [0.5, 0.6) is 0 Å². The number of morpholine rings is 1. The number of carbonyl (C=O) groups excluding carboxylic acids is 1. The fraction of sp³-hybridized carbons (Fsp3) is 0.296. The predicted molar refractivity (Wildman–Crippen MR) is 135 cm³/mol. The number of carbonyl (C=O) groups is 1. The number of benzene rings is 3. The first-order chi connectivity index (χ1) is 16.4. The molecule has 0 amide bonds. The Hall–Kier alpha value is -3.16. The Bertz CT molecular complexity index is 1220. The molecule has 1 N–H and O–H groups in total. The van der Waals surface area contributed by atoms with Crippen LogP contribution >= 0.6 is 0 Å². The van der Waals surface area contributed by atoms with Crippen LogP contribution in [0.2, 0.25) is 0 Å². The number of Topliss-reactive ketones (excluding diaryl/α,β-unsaturated/α-hetero) is 1. The third-order valence-electron chi connectivity index (χ3n) is 5.97. The van der Waals surface area contributed by atoms with Crippen molar-refractivity contribution in [1.29, 1.82) is 0 Å². The molecule has 178 valence electrons. The first-order valence-corrected chi connectivity index (χ1v) is 13.0. The number of ether oxygens (including phenoxy) is 1. The minimum absolute atomic E-state index is 0.133. The number of nitrogens with zero attached hydrogens (tertiary/aromatic N) is 1. The lowest BCUT2D eigenvalue weighted by molar-refractivity contribution is -0.118. The van der Waals surface area contributed by atoms with Crippen LogP contribution in [0.15, 0.2) is 77.7 Å². The van der Waals surface area contributed by atoms with E-state index in [1.165, 1.54) is 0 Å². The van der Waals surface area contributed by atoms with Crippen LogP contribution in [0.1, 0.15) is 23.1 Å². The van der Waals surface area contributed by atoms with Gasteiger partial charge in [0.25, 0.3) is 10.0 Å². The summed E-state index contributed by atoms with van der Waals surface area (Å²) in [6.45, 7) is 5.02. The van der Waals surface area contributed by atoms with Gasteiger partial charge in [-0.15, -0.1) is 0 Å². The summed E-state index contributed by atoms with van der Waals surface area (Å²) < 4.78 is 33.8. The highest BCUT2D eigenvalue weighted by atomic mass is 32.2. The van der Waals surface area contributed by atoms with Crippen molar-refractivity contribution in [2.75, 3.05) is 35.9 Å². The molecular formula is C27H30N2O4S. The van der Waals surface area contributed by atoms with Gasteiger partial charge in [0.1, 0.15) is 5.78 Å². The normalized spacial score (nSPS) is 14.1. The molecule has 0 bridgehead atoms. The lowest BCUT2D eigenvalue weighted by atomic mass is 10.0. The minimum atomic E-state index is -3.73. The number of ketones is 1. The fourth-order valence-electron chi connectivity index (χ4n) is 4.12. The first-order valence-electron chi connectivity index (χ1n) is 11.5. The van der Waals surface area contributed by atoms with Gasteiger partial charge in [0.15, 0.2) is 0 Å². The molecule has 1 heterocycles. The predicted octanol–water partition coefficient (Wildman–Crippen LogP) is 4.38. The molecule has 0 atom stereocenters. The van der Waals surface area contributed by atoms with Gasteiger partial charge in [-0.25, -0.2) is 8.42 Å². The molecule has 1 fully saturated rings. The topological polar surface area (TPSA) is 75.7 Å². The molecule has 34 heavy (non-hydrogen) atoms. The lowest BCUT2D eigenvalue weighted by Gasteiger charge is -2.30. The fourth-order valence-corrected chi connectivity index (χ4v) is 5.17. The summed E-state index contributed by atoms with van der Waals surface area (Å²) in [5.41, 5.74) is 4.56. The molecule has 1 aliphatic rings. The molecule has 3 aromatic carbocycles. The van der Waals surface area contributed by atoms with Gasteiger partial charge in [0.2, 0.25) is 0 Å². The van der Waals surface area contributed by atoms with Crippen molar-refractivity contribution in [3.05, 3.63) is 89.5 Å². The molecule has 0 spiro atoms. The summed E-state index contributed by atoms with van der Waals surface area (Å²) in [5, 5.41) is 0. The van der Waals surface area contributed by atoms with Gasteiger partial charge in [0.05, 0.1) is 18.1 Å². The Labute approximate surface area is 201 Å². The summed E-state index contributed by atoms with van der Waals surface area (Å²) >= 11 is 0. The highest BCUT2D eigenvalue weighted by Gasteiger charge is 2.17. The molecule has 0 aromatic heterocycles. The van der Waals surface area contributed by atoms with Gasteiger partial charge < -0.3 is 9.64 Å². The summed E-state index contributed by atoms with van der Waals surface area (Å²) in [4.78, 5) is 14.8. The number of anilines is 2. The Balaban J connectivity index is 1.36. The highest BCUT2D eigenvalue weighted by molar-refractivity contribution is 7.92. The maximum atomic E-state index is 12.9. The van der Waals surface area contributed by atoms with Gasteiger partial charge in [-0.1, -0.05) is 42.5 Å². The van der Waals surface area contributed by atoms with Crippen molar-refractivity contribution in [3.63, 3.8) is 0 Å². The van der Waals surface area contributed by atoms with Gasteiger partial charge in [0, 0.05) is 37.3 Å². The van der Waals surface area contributed by atoms with Crippen LogP contribution in [0.4, 0.5) is 11.4 Å². The van der Waals surface area contributed by atoms with Crippen LogP contribution in [0.25, 0.3) is 0 Å². The van der Waals surface area contributed by atoms with E-state index in [1.54, 1.807) is 30.3 Å². The summed E-state index contributed by atoms with van der Waals surface area (Å²) in [7, 11) is -3.73. The van der Waals surface area contributed by atoms with Crippen molar-refractivity contribution < 1.29 is 17.9 Å². The van der Waals surface area contributed by atoms with E-state index in [-0.39, 0.29) is 10.7 Å². The van der Waals surface area contributed by atoms with Crippen LogP contribution in [0.3, 0.4) is 0 Å². The van der Waals surface area contributed by atoms with E-state index in [4.69, 9.17) is 4.74 Å². The van der Waals surface area contributed by atoms with Crippen molar-refractivity contribution in [2.24, 2.45) is 0 Å². The van der Waals surface area contributed by atoms with E-state index < -0.39 is 10.0 Å². The van der Waals surface area contributed by atoms with E-state index in [0.717, 1.165) is 35.5 Å². The molecular weight excluding hydrogens is 448 g/mol. The number of sulfonamides is 1. The second-order valence-electron chi connectivity index (χ2n) is 8.55. The Morgan fingerprint density at radius 1 is 0.941 bits per heavy atom. The highest BCUT2D eigenvalue weighted by Crippen LogP contribution is 2.26. The van der Waals surface area contributed by atoms with Crippen LogP contribution in [0, 0.1) is 6.92 Å². The molecule has 0 radical (unpaired) electrons. The Morgan fingerprint density at radius 3 is 2.32 bits per heavy atom. The summed E-state index contributed by atoms with van der Waals surface area (Å²) in [5.74, 6) is 0.133. The van der Waals surface area contributed by atoms with Crippen LogP contribution < -0.4 is 9.62 Å². The Kier molecular flexibility index (Phi) is 7.65. The number of nitrogens with one attached hydrogen (secondary N) is 1. The number of hydrogen-bond donors (Lipinski definition) is 1. The molecule has 3 aromatic rings. The first kappa shape index (κ1) is 24.0. The number of rotatable bonds is 9. The van der Waals surface area contributed by atoms with Crippen molar-refractivity contribution in [2.45, 2.75) is 31.1 Å². The number of hydrogen-bond acceptors (Lipinski definition) is 5. The van der Waals surface area contributed by atoms with E-state index >= 15 is 0 Å². The lowest BCUT2D eigenvalue weighted by Crippen LogP contribution is -2.36. The van der Waals surface area contributed by atoms with E-state index in [1.807, 2.05) is 49.4 Å². The molecule has 6 nitrogen and oxygen atoms in total. The van der Waals surface area contributed by atoms with Crippen LogP contribution in [-0.4, -0.2) is 40.5 Å². The quantitative estimate of drug-likeness (QED) is 0.494. The third kappa shape index (κ3) is 6.24. The average Bonchev–Trinajstić information content (AvgIpc) is 2.84. The maximum absolute atomic E-state index is 12.9. The molecule has 0 aliphatic carbocycles. The van der Waals surface area contributed by atoms with Gasteiger partial charge in [-0.3, -0.25) is 9.52 Å². The largest absolute Gasteiger partial charge is 0.378 e. The van der Waals surface area contributed by atoms with E-state index in [9.17, 15) is 13.2 Å². The van der Waals surface area contributed by atoms with Crippen molar-refractivity contribution in [3.8, 4) is 0 Å². The zero-order valence-corrected chi connectivity index (χ0v) is 20.2. The van der Waals surface area contributed by atoms with E-state index in [0.29, 0.717) is 38.2 Å². The second kappa shape index (κ2) is 10.8.